The largest absolute Gasteiger partial charge is 0.492 e. The maximum atomic E-state index is 11.1. The molecule has 0 saturated carbocycles. The molecule has 0 aliphatic carbocycles. The Hall–Kier alpha value is -5.40. The zero-order valence-corrected chi connectivity index (χ0v) is 33.1. The van der Waals surface area contributed by atoms with Gasteiger partial charge in [0.15, 0.2) is 0 Å². The first-order valence-corrected chi connectivity index (χ1v) is 19.9. The van der Waals surface area contributed by atoms with Crippen LogP contribution in [0.5, 0.6) is 11.5 Å². The maximum Gasteiger partial charge on any atom is 0.330 e. The lowest BCUT2D eigenvalue weighted by molar-refractivity contribution is -0.326. The predicted octanol–water partition coefficient (Wildman–Crippen LogP) is 8.58. The van der Waals surface area contributed by atoms with E-state index >= 15 is 0 Å². The number of nitrogens with zero attached hydrogens (tertiary/aromatic N) is 2. The van der Waals surface area contributed by atoms with Crippen LogP contribution in [0.2, 0.25) is 0 Å². The van der Waals surface area contributed by atoms with Crippen LogP contribution in [0, 0.1) is 0 Å². The summed E-state index contributed by atoms with van der Waals surface area (Å²) in [5.41, 5.74) is 5.64. The minimum atomic E-state index is -0.664. The Balaban J connectivity index is 0.975. The molecule has 1 aliphatic rings. The number of carbonyl (C=O) groups excluding carboxylic acids is 2. The number of unbranched alkanes of at least 4 members (excludes halogenated alkanes) is 6. The lowest BCUT2D eigenvalue weighted by Gasteiger charge is -2.31. The molecule has 58 heavy (non-hydrogen) atoms. The monoisotopic (exact) mass is 794 g/mol. The summed E-state index contributed by atoms with van der Waals surface area (Å²) >= 11 is 0. The number of benzene rings is 2. The fourth-order valence-electron chi connectivity index (χ4n) is 5.87. The number of rotatable bonds is 26. The Morgan fingerprint density at radius 1 is 0.552 bits per heavy atom. The van der Waals surface area contributed by atoms with Crippen LogP contribution < -0.4 is 9.47 Å². The van der Waals surface area contributed by atoms with E-state index in [1.165, 1.54) is 12.2 Å². The predicted molar refractivity (Wildman–Crippen MR) is 219 cm³/mol. The molecule has 1 saturated heterocycles. The first-order chi connectivity index (χ1) is 28.5. The van der Waals surface area contributed by atoms with Crippen molar-refractivity contribution < 1.29 is 47.5 Å². The van der Waals surface area contributed by atoms with Crippen molar-refractivity contribution >= 4 is 11.9 Å². The highest BCUT2D eigenvalue weighted by Gasteiger charge is 2.29. The number of hydrogen-bond acceptors (Lipinski definition) is 12. The second-order valence-electron chi connectivity index (χ2n) is 13.5. The van der Waals surface area contributed by atoms with Gasteiger partial charge in [-0.25, -0.2) is 9.59 Å². The molecule has 0 N–H and O–H groups in total. The number of aromatic nitrogens is 2. The van der Waals surface area contributed by atoms with Gasteiger partial charge in [0, 0.05) is 23.3 Å². The SMILES string of the molecule is C=CC(=O)OCCCCCCOc1ccc(-c2ccc(COC3OCCOC3OCc3ccc(-c4ccc(OCCCCCCOC(=O)C=C)cn4)cc3)cc2)nc1. The summed E-state index contributed by atoms with van der Waals surface area (Å²) in [6.45, 7) is 10.3. The second-order valence-corrected chi connectivity index (χ2v) is 13.5. The van der Waals surface area contributed by atoms with E-state index in [0.717, 1.165) is 96.5 Å². The van der Waals surface area contributed by atoms with Gasteiger partial charge < -0.3 is 37.9 Å². The van der Waals surface area contributed by atoms with Gasteiger partial charge in [0.05, 0.1) is 76.6 Å². The van der Waals surface area contributed by atoms with Crippen molar-refractivity contribution in [2.45, 2.75) is 77.2 Å². The van der Waals surface area contributed by atoms with Crippen LogP contribution in [0.3, 0.4) is 0 Å². The highest BCUT2D eigenvalue weighted by molar-refractivity contribution is 5.81. The zero-order valence-electron chi connectivity index (χ0n) is 33.1. The summed E-state index contributed by atoms with van der Waals surface area (Å²) in [6.07, 6.45) is 11.9. The van der Waals surface area contributed by atoms with Crippen LogP contribution in [0.4, 0.5) is 0 Å². The third-order valence-corrected chi connectivity index (χ3v) is 9.11. The Labute approximate surface area is 341 Å². The minimum absolute atomic E-state index is 0.330. The molecular formula is C46H54N2O10. The Morgan fingerprint density at radius 3 is 1.31 bits per heavy atom. The first kappa shape index (κ1) is 43.7. The van der Waals surface area contributed by atoms with Gasteiger partial charge in [0.2, 0.25) is 12.6 Å². The van der Waals surface area contributed by atoms with E-state index in [2.05, 4.69) is 23.1 Å². The van der Waals surface area contributed by atoms with Crippen molar-refractivity contribution in [3.8, 4) is 34.0 Å². The summed E-state index contributed by atoms with van der Waals surface area (Å²) in [6, 6.07) is 23.9. The molecule has 12 nitrogen and oxygen atoms in total. The highest BCUT2D eigenvalue weighted by Crippen LogP contribution is 2.24. The number of pyridine rings is 2. The van der Waals surface area contributed by atoms with Gasteiger partial charge in [-0.1, -0.05) is 61.7 Å². The molecule has 2 unspecified atom stereocenters. The highest BCUT2D eigenvalue weighted by atomic mass is 16.8. The van der Waals surface area contributed by atoms with E-state index in [1.807, 2.05) is 72.8 Å². The second kappa shape index (κ2) is 25.1. The lowest BCUT2D eigenvalue weighted by Crippen LogP contribution is -2.41. The van der Waals surface area contributed by atoms with Crippen LogP contribution in [0.15, 0.2) is 111 Å². The number of esters is 2. The maximum absolute atomic E-state index is 11.1. The summed E-state index contributed by atoms with van der Waals surface area (Å²) < 4.78 is 45.6. The van der Waals surface area contributed by atoms with Crippen molar-refractivity contribution in [3.63, 3.8) is 0 Å². The van der Waals surface area contributed by atoms with Gasteiger partial charge in [-0.15, -0.1) is 0 Å². The van der Waals surface area contributed by atoms with Crippen molar-refractivity contribution in [2.24, 2.45) is 0 Å². The fourth-order valence-corrected chi connectivity index (χ4v) is 5.87. The third-order valence-electron chi connectivity index (χ3n) is 9.11. The lowest BCUT2D eigenvalue weighted by atomic mass is 10.1. The molecule has 1 aliphatic heterocycles. The molecule has 3 heterocycles. The Kier molecular flexibility index (Phi) is 18.9. The van der Waals surface area contributed by atoms with Gasteiger partial charge in [-0.3, -0.25) is 9.97 Å². The van der Waals surface area contributed by atoms with Crippen molar-refractivity contribution in [3.05, 3.63) is 122 Å². The van der Waals surface area contributed by atoms with E-state index in [-0.39, 0.29) is 11.9 Å². The standard InChI is InChI=1S/C46H54N2O10/c1-3-43(49)53-27-11-7-5-9-25-51-39-21-23-41(47-31-39)37-17-13-35(14-18-37)33-57-45-46(56-30-29-55-45)58-34-36-15-19-38(20-16-36)42-24-22-40(32-48-42)52-26-10-6-8-12-28-54-44(50)4-2/h3-4,13-24,31-32,45-46H,1-2,5-12,25-30,33-34H2. The van der Waals surface area contributed by atoms with E-state index < -0.39 is 12.6 Å². The van der Waals surface area contributed by atoms with Gasteiger partial charge in [0.1, 0.15) is 11.5 Å². The van der Waals surface area contributed by atoms with Crippen molar-refractivity contribution in [1.82, 2.24) is 9.97 Å². The van der Waals surface area contributed by atoms with Gasteiger partial charge in [-0.2, -0.15) is 0 Å². The molecule has 0 radical (unpaired) electrons. The van der Waals surface area contributed by atoms with E-state index in [0.29, 0.717) is 52.9 Å². The fraction of sp³-hybridized carbons (Fsp3) is 0.391. The molecule has 4 aromatic rings. The van der Waals surface area contributed by atoms with Crippen molar-refractivity contribution in [1.29, 1.82) is 0 Å². The average Bonchev–Trinajstić information content (AvgIpc) is 3.27. The third kappa shape index (κ3) is 15.5. The van der Waals surface area contributed by atoms with Gasteiger partial charge in [0.25, 0.3) is 0 Å². The topological polar surface area (TPSA) is 134 Å². The summed E-state index contributed by atoms with van der Waals surface area (Å²) in [5, 5.41) is 0. The molecule has 2 aromatic carbocycles. The number of carbonyl (C=O) groups is 2. The molecule has 0 bridgehead atoms. The molecule has 1 fully saturated rings. The van der Waals surface area contributed by atoms with Crippen molar-refractivity contribution in [2.75, 3.05) is 39.6 Å². The molecular weight excluding hydrogens is 741 g/mol. The van der Waals surface area contributed by atoms with Gasteiger partial charge >= 0.3 is 11.9 Å². The van der Waals surface area contributed by atoms with Crippen LogP contribution in [-0.4, -0.2) is 74.1 Å². The molecule has 12 heteroatoms. The van der Waals surface area contributed by atoms with Crippen LogP contribution >= 0.6 is 0 Å². The van der Waals surface area contributed by atoms with Crippen LogP contribution in [-0.2, 0) is 51.2 Å². The quantitative estimate of drug-likeness (QED) is 0.0343. The number of hydrogen-bond donors (Lipinski definition) is 0. The Bertz CT molecular complexity index is 1680. The van der Waals surface area contributed by atoms with Crippen LogP contribution in [0.25, 0.3) is 22.5 Å². The summed E-state index contributed by atoms with van der Waals surface area (Å²) in [7, 11) is 0. The molecule has 5 rings (SSSR count). The van der Waals surface area contributed by atoms with E-state index in [4.69, 9.17) is 37.9 Å². The molecule has 308 valence electrons. The van der Waals surface area contributed by atoms with E-state index in [9.17, 15) is 9.59 Å². The smallest absolute Gasteiger partial charge is 0.330 e. The first-order valence-electron chi connectivity index (χ1n) is 19.9. The summed E-state index contributed by atoms with van der Waals surface area (Å²) in [5.74, 6) is 0.694. The molecule has 0 spiro atoms. The normalized spacial score (nSPS) is 15.0. The van der Waals surface area contributed by atoms with Crippen LogP contribution in [0.1, 0.15) is 62.5 Å². The molecule has 0 amide bonds. The Morgan fingerprint density at radius 2 is 0.948 bits per heavy atom. The molecule has 2 atom stereocenters. The zero-order chi connectivity index (χ0) is 40.6. The summed E-state index contributed by atoms with van der Waals surface area (Å²) in [4.78, 5) is 31.3. The number of ether oxygens (including phenoxy) is 8. The average molecular weight is 795 g/mol. The van der Waals surface area contributed by atoms with Gasteiger partial charge in [-0.05, 0) is 86.8 Å². The molecule has 2 aromatic heterocycles. The van der Waals surface area contributed by atoms with E-state index in [1.54, 1.807) is 12.4 Å². The minimum Gasteiger partial charge on any atom is -0.492 e.